The van der Waals surface area contributed by atoms with Crippen LogP contribution in [0.15, 0.2) is 77.7 Å². The van der Waals surface area contributed by atoms with E-state index in [2.05, 4.69) is 30.6 Å². The Morgan fingerprint density at radius 2 is 1.60 bits per heavy atom. The maximum atomic E-state index is 13.2. The number of aromatic amines is 1. The third kappa shape index (κ3) is 14.4. The highest BCUT2D eigenvalue weighted by atomic mass is 31.2. The maximum absolute atomic E-state index is 13.2. The minimum Gasteiger partial charge on any atom is -0.481 e. The van der Waals surface area contributed by atoms with Crippen molar-refractivity contribution in [3.63, 3.8) is 0 Å². The maximum Gasteiger partial charge on any atom is 0.416 e. The Kier molecular flexibility index (Phi) is 16.9. The number of nitrogens with zero attached hydrogens (tertiary/aromatic N) is 3. The molecule has 0 aliphatic heterocycles. The molecular weight excluding hydrogens is 816 g/mol. The number of ether oxygens (including phenoxy) is 1. The molecule has 2 aromatic heterocycles. The first-order valence-corrected chi connectivity index (χ1v) is 19.0. The standard InChI is InChI=1S/C24H27F3NO8P.C14H13N7O2/c1-3-33-37(34-4-2)35-15-16-8-11-18(12-9-16)36-23(32)19-13-10-17(24(25,26)27)14-20(19)28-21(29)6-5-7-22(30)31;15-11(22)7-1-3-8(4-2-7)17-5-9-6-18-12-10(19-9)13(23)21-14(16)20-12/h8-14H,3-7,15H2,1-2H3,(H,28,29)(H,30,31);1-4,6,17H,5H2,(H2,15,22)(H3,16,18,20,21,23). The lowest BCUT2D eigenvalue weighted by molar-refractivity contribution is -0.138. The number of fused-ring (bicyclic) bond motifs is 1. The van der Waals surface area contributed by atoms with E-state index in [0.29, 0.717) is 43.1 Å². The van der Waals surface area contributed by atoms with Crippen LogP contribution in [0.3, 0.4) is 0 Å². The molecule has 5 aromatic rings. The number of aliphatic carboxylic acids is 1. The molecule has 60 heavy (non-hydrogen) atoms. The number of carbonyl (C=O) groups excluding carboxylic acids is 3. The number of rotatable bonds is 18. The predicted molar refractivity (Wildman–Crippen MR) is 213 cm³/mol. The smallest absolute Gasteiger partial charge is 0.416 e. The Balaban J connectivity index is 0.000000293. The zero-order valence-electron chi connectivity index (χ0n) is 32.1. The third-order valence-corrected chi connectivity index (χ3v) is 8.98. The number of nitrogen functional groups attached to an aromatic ring is 1. The molecule has 0 radical (unpaired) electrons. The van der Waals surface area contributed by atoms with Crippen LogP contribution in [0.25, 0.3) is 11.2 Å². The number of carboxylic acids is 1. The van der Waals surface area contributed by atoms with Crippen LogP contribution in [0.2, 0.25) is 0 Å². The van der Waals surface area contributed by atoms with Crippen LogP contribution in [-0.4, -0.2) is 62.0 Å². The molecule has 0 spiro atoms. The molecule has 18 nitrogen and oxygen atoms in total. The summed E-state index contributed by atoms with van der Waals surface area (Å²) in [6, 6.07) is 15.1. The molecule has 2 heterocycles. The lowest BCUT2D eigenvalue weighted by atomic mass is 10.1. The van der Waals surface area contributed by atoms with E-state index in [9.17, 15) is 37.1 Å². The summed E-state index contributed by atoms with van der Waals surface area (Å²) in [6.07, 6.45) is -3.76. The number of carbonyl (C=O) groups is 4. The number of benzene rings is 3. The summed E-state index contributed by atoms with van der Waals surface area (Å²) in [5, 5.41) is 14.0. The first-order chi connectivity index (χ1) is 28.6. The Hall–Kier alpha value is -6.54. The van der Waals surface area contributed by atoms with E-state index in [1.54, 1.807) is 36.4 Å². The van der Waals surface area contributed by atoms with E-state index in [0.717, 1.165) is 17.3 Å². The average molecular weight is 857 g/mol. The van der Waals surface area contributed by atoms with E-state index < -0.39 is 55.3 Å². The van der Waals surface area contributed by atoms with Crippen LogP contribution < -0.4 is 32.4 Å². The number of halogens is 3. The molecule has 0 saturated carbocycles. The summed E-state index contributed by atoms with van der Waals surface area (Å²) >= 11 is 0. The quantitative estimate of drug-likeness (QED) is 0.0338. The Morgan fingerprint density at radius 3 is 2.22 bits per heavy atom. The van der Waals surface area contributed by atoms with E-state index >= 15 is 0 Å². The molecule has 0 aliphatic carbocycles. The van der Waals surface area contributed by atoms with Crippen molar-refractivity contribution in [1.82, 2.24) is 19.9 Å². The number of alkyl halides is 3. The first-order valence-electron chi connectivity index (χ1n) is 17.9. The van der Waals surface area contributed by atoms with Crippen LogP contribution in [0.5, 0.6) is 5.75 Å². The van der Waals surface area contributed by atoms with E-state index in [4.69, 9.17) is 34.9 Å². The van der Waals surface area contributed by atoms with Crippen LogP contribution >= 0.6 is 8.60 Å². The summed E-state index contributed by atoms with van der Waals surface area (Å²) in [7, 11) is -1.50. The van der Waals surface area contributed by atoms with Gasteiger partial charge in [0.25, 0.3) is 5.56 Å². The molecule has 0 unspecified atom stereocenters. The van der Waals surface area contributed by atoms with Gasteiger partial charge in [0.1, 0.15) is 5.75 Å². The number of esters is 1. The fraction of sp³-hybridized carbons (Fsp3) is 0.263. The van der Waals surface area contributed by atoms with Crippen molar-refractivity contribution in [2.24, 2.45) is 5.73 Å². The molecule has 0 bridgehead atoms. The minimum absolute atomic E-state index is 0.00258. The summed E-state index contributed by atoms with van der Waals surface area (Å²) in [6.45, 7) is 5.01. The lowest BCUT2D eigenvalue weighted by Crippen LogP contribution is -2.18. The number of primary amides is 1. The van der Waals surface area contributed by atoms with Gasteiger partial charge in [0.15, 0.2) is 11.2 Å². The van der Waals surface area contributed by atoms with Crippen molar-refractivity contribution in [2.75, 3.05) is 29.6 Å². The van der Waals surface area contributed by atoms with Gasteiger partial charge < -0.3 is 45.5 Å². The molecule has 2 amide bonds. The van der Waals surface area contributed by atoms with Crippen LogP contribution in [-0.2, 0) is 42.5 Å². The fourth-order valence-corrected chi connectivity index (χ4v) is 5.78. The zero-order valence-corrected chi connectivity index (χ0v) is 33.0. The third-order valence-electron chi connectivity index (χ3n) is 7.70. The van der Waals surface area contributed by atoms with Gasteiger partial charge in [-0.05, 0) is 80.4 Å². The van der Waals surface area contributed by atoms with Crippen LogP contribution in [0, 0.1) is 0 Å². The highest BCUT2D eigenvalue weighted by Crippen LogP contribution is 2.40. The van der Waals surface area contributed by atoms with Gasteiger partial charge >= 0.3 is 26.7 Å². The molecule has 0 saturated heterocycles. The fourth-order valence-electron chi connectivity index (χ4n) is 4.88. The largest absolute Gasteiger partial charge is 0.481 e. The van der Waals surface area contributed by atoms with Crippen molar-refractivity contribution in [3.05, 3.63) is 111 Å². The van der Waals surface area contributed by atoms with E-state index in [1.165, 1.54) is 18.3 Å². The molecule has 3 aromatic carbocycles. The zero-order chi connectivity index (χ0) is 43.8. The lowest BCUT2D eigenvalue weighted by Gasteiger charge is -2.15. The molecule has 5 rings (SSSR count). The highest BCUT2D eigenvalue weighted by molar-refractivity contribution is 7.41. The van der Waals surface area contributed by atoms with Gasteiger partial charge in [-0.15, -0.1) is 0 Å². The molecular formula is C38H40F3N8O10P. The predicted octanol–water partition coefficient (Wildman–Crippen LogP) is 5.94. The van der Waals surface area contributed by atoms with E-state index in [1.807, 2.05) is 13.8 Å². The number of nitrogens with two attached hydrogens (primary N) is 2. The van der Waals surface area contributed by atoms with Gasteiger partial charge in [-0.2, -0.15) is 18.2 Å². The van der Waals surface area contributed by atoms with E-state index in [-0.39, 0.29) is 54.3 Å². The summed E-state index contributed by atoms with van der Waals surface area (Å²) in [5.41, 5.74) is 11.2. The minimum atomic E-state index is -4.71. The molecule has 0 aliphatic rings. The number of aromatic nitrogens is 4. The Bertz CT molecular complexity index is 2330. The number of hydrogen-bond acceptors (Lipinski definition) is 14. The summed E-state index contributed by atoms with van der Waals surface area (Å²) in [4.78, 5) is 72.9. The second-order valence-electron chi connectivity index (χ2n) is 12.2. The number of carboxylic acid groups (broad SMARTS) is 1. The summed E-state index contributed by atoms with van der Waals surface area (Å²) in [5.74, 6) is -3.21. The SMILES string of the molecule is CCOP(OCC)OCc1ccc(OC(=O)c2ccc(C(F)(F)F)cc2NC(=O)CCCC(=O)O)cc1.NC(=O)c1ccc(NCc2cnc3nc(N)[nH]c(=O)c3n2)cc1. The van der Waals surface area contributed by atoms with Crippen molar-refractivity contribution in [1.29, 1.82) is 0 Å². The topological polar surface area (TPSA) is 273 Å². The monoisotopic (exact) mass is 856 g/mol. The molecule has 318 valence electrons. The molecule has 8 N–H and O–H groups in total. The number of anilines is 3. The van der Waals surface area contributed by atoms with Crippen molar-refractivity contribution in [2.45, 2.75) is 52.4 Å². The van der Waals surface area contributed by atoms with Gasteiger partial charge in [0, 0.05) is 24.1 Å². The normalized spacial score (nSPS) is 11.1. The number of H-pyrrole nitrogens is 1. The van der Waals surface area contributed by atoms with Gasteiger partial charge in [-0.3, -0.25) is 24.2 Å². The molecule has 22 heteroatoms. The molecule has 0 atom stereocenters. The van der Waals surface area contributed by atoms with Crippen molar-refractivity contribution >= 4 is 60.8 Å². The van der Waals surface area contributed by atoms with Gasteiger partial charge in [0.05, 0.1) is 55.1 Å². The van der Waals surface area contributed by atoms with Crippen molar-refractivity contribution < 1.29 is 55.8 Å². The first kappa shape index (κ1) is 46.2. The number of hydrogen-bond donors (Lipinski definition) is 6. The van der Waals surface area contributed by atoms with Crippen LogP contribution in [0.1, 0.15) is 70.6 Å². The molecule has 0 fully saturated rings. The van der Waals surface area contributed by atoms with Crippen LogP contribution in [0.4, 0.5) is 30.5 Å². The summed E-state index contributed by atoms with van der Waals surface area (Å²) < 4.78 is 61.2. The highest BCUT2D eigenvalue weighted by Gasteiger charge is 2.32. The second-order valence-corrected chi connectivity index (χ2v) is 13.4. The van der Waals surface area contributed by atoms with Gasteiger partial charge in [0.2, 0.25) is 17.8 Å². The van der Waals surface area contributed by atoms with Crippen molar-refractivity contribution in [3.8, 4) is 5.75 Å². The second kappa shape index (κ2) is 22.0. The number of nitrogens with one attached hydrogen (secondary N) is 3. The van der Waals surface area contributed by atoms with Gasteiger partial charge in [-0.1, -0.05) is 12.1 Å². The Labute approximate surface area is 340 Å². The average Bonchev–Trinajstić information content (AvgIpc) is 3.20. The Morgan fingerprint density at radius 1 is 0.917 bits per heavy atom. The number of amides is 2. The van der Waals surface area contributed by atoms with Gasteiger partial charge in [-0.25, -0.2) is 14.8 Å².